The number of halogens is 2. The molecule has 3 amide bonds. The van der Waals surface area contributed by atoms with Crippen LogP contribution in [0.2, 0.25) is 0 Å². The quantitative estimate of drug-likeness (QED) is 0.287. The van der Waals surface area contributed by atoms with Crippen molar-refractivity contribution in [1.29, 1.82) is 0 Å². The van der Waals surface area contributed by atoms with Gasteiger partial charge >= 0.3 is 11.8 Å². The third-order valence-electron chi connectivity index (χ3n) is 2.77. The summed E-state index contributed by atoms with van der Waals surface area (Å²) in [6, 6.07) is 2.72. The molecule has 136 valence electrons. The Morgan fingerprint density at radius 1 is 1.20 bits per heavy atom. The van der Waals surface area contributed by atoms with E-state index in [1.165, 1.54) is 14.0 Å². The fourth-order valence-electron chi connectivity index (χ4n) is 1.60. The van der Waals surface area contributed by atoms with Gasteiger partial charge in [0, 0.05) is 25.4 Å². The normalized spacial score (nSPS) is 11.0. The van der Waals surface area contributed by atoms with Crippen molar-refractivity contribution in [2.75, 3.05) is 25.6 Å². The molecule has 0 saturated heterocycles. The maximum absolute atomic E-state index is 13.4. The van der Waals surface area contributed by atoms with Crippen LogP contribution in [-0.4, -0.2) is 43.7 Å². The maximum Gasteiger partial charge on any atom is 0.329 e. The molecular formula is C15H18F2N4O4. The number of benzene rings is 1. The van der Waals surface area contributed by atoms with Gasteiger partial charge in [-0.15, -0.1) is 0 Å². The minimum absolute atomic E-state index is 0.164. The van der Waals surface area contributed by atoms with Crippen molar-refractivity contribution in [3.63, 3.8) is 0 Å². The van der Waals surface area contributed by atoms with Crippen LogP contribution < -0.4 is 16.1 Å². The molecule has 0 bridgehead atoms. The molecule has 0 spiro atoms. The van der Waals surface area contributed by atoms with Crippen LogP contribution in [0.15, 0.2) is 23.3 Å². The molecule has 0 heterocycles. The van der Waals surface area contributed by atoms with Crippen molar-refractivity contribution < 1.29 is 27.9 Å². The lowest BCUT2D eigenvalue weighted by Gasteiger charge is -2.07. The lowest BCUT2D eigenvalue weighted by Crippen LogP contribution is -2.39. The van der Waals surface area contributed by atoms with Gasteiger partial charge in [0.25, 0.3) is 0 Å². The van der Waals surface area contributed by atoms with Crippen LogP contribution in [0.5, 0.6) is 0 Å². The second-order valence-electron chi connectivity index (χ2n) is 4.89. The Kier molecular flexibility index (Phi) is 8.13. The molecule has 3 N–H and O–H groups in total. The van der Waals surface area contributed by atoms with Crippen LogP contribution in [0.3, 0.4) is 0 Å². The average molecular weight is 356 g/mol. The number of methoxy groups -OCH3 is 1. The molecule has 1 rings (SSSR count). The number of carbonyl (C=O) groups excluding carboxylic acids is 3. The van der Waals surface area contributed by atoms with E-state index >= 15 is 0 Å². The Bertz CT molecular complexity index is 679. The minimum atomic E-state index is -1.000. The predicted octanol–water partition coefficient (Wildman–Crippen LogP) is 0.548. The average Bonchev–Trinajstić information content (AvgIpc) is 2.55. The van der Waals surface area contributed by atoms with Gasteiger partial charge in [0.05, 0.1) is 18.7 Å². The number of carbonyl (C=O) groups is 3. The zero-order valence-corrected chi connectivity index (χ0v) is 13.7. The van der Waals surface area contributed by atoms with E-state index in [4.69, 9.17) is 4.74 Å². The molecule has 0 aliphatic heterocycles. The number of ether oxygens (including phenoxy) is 1. The van der Waals surface area contributed by atoms with Crippen molar-refractivity contribution in [1.82, 2.24) is 10.7 Å². The third-order valence-corrected chi connectivity index (χ3v) is 2.77. The van der Waals surface area contributed by atoms with Gasteiger partial charge in [-0.2, -0.15) is 5.10 Å². The van der Waals surface area contributed by atoms with E-state index in [1.54, 1.807) is 0 Å². The fourth-order valence-corrected chi connectivity index (χ4v) is 1.60. The first-order valence-corrected chi connectivity index (χ1v) is 7.18. The van der Waals surface area contributed by atoms with Crippen LogP contribution in [0.1, 0.15) is 13.3 Å². The van der Waals surface area contributed by atoms with Crippen molar-refractivity contribution in [2.24, 2.45) is 5.10 Å². The van der Waals surface area contributed by atoms with Crippen LogP contribution in [0.25, 0.3) is 0 Å². The molecule has 25 heavy (non-hydrogen) atoms. The summed E-state index contributed by atoms with van der Waals surface area (Å²) in [5, 5.41) is 8.14. The van der Waals surface area contributed by atoms with Crippen LogP contribution >= 0.6 is 0 Å². The number of rotatable bonds is 7. The standard InChI is InChI=1S/C15H18F2N4O4/c1-9(20-21-15(24)14(23)18-5-6-25-2)7-13(22)19-12-4-3-10(16)8-11(12)17/h3-4,8H,5-7H2,1-2H3,(H,18,23)(H,19,22)(H,21,24)/b20-9+. The summed E-state index contributed by atoms with van der Waals surface area (Å²) < 4.78 is 30.9. The van der Waals surface area contributed by atoms with E-state index in [0.29, 0.717) is 6.07 Å². The van der Waals surface area contributed by atoms with E-state index in [0.717, 1.165) is 12.1 Å². The lowest BCUT2D eigenvalue weighted by molar-refractivity contribution is -0.139. The summed E-state index contributed by atoms with van der Waals surface area (Å²) in [5.41, 5.74) is 1.99. The lowest BCUT2D eigenvalue weighted by atomic mass is 10.2. The molecule has 0 saturated carbocycles. The van der Waals surface area contributed by atoms with E-state index in [-0.39, 0.29) is 31.0 Å². The van der Waals surface area contributed by atoms with Crippen molar-refractivity contribution >= 4 is 29.1 Å². The topological polar surface area (TPSA) is 109 Å². The smallest absolute Gasteiger partial charge is 0.329 e. The predicted molar refractivity (Wildman–Crippen MR) is 85.7 cm³/mol. The molecule has 0 unspecified atom stereocenters. The minimum Gasteiger partial charge on any atom is -0.383 e. The molecule has 0 aliphatic rings. The monoisotopic (exact) mass is 356 g/mol. The highest BCUT2D eigenvalue weighted by Gasteiger charge is 2.13. The molecule has 0 aliphatic carbocycles. The summed E-state index contributed by atoms with van der Waals surface area (Å²) in [6.45, 7) is 1.85. The molecule has 10 heteroatoms. The first-order valence-electron chi connectivity index (χ1n) is 7.18. The number of amides is 3. The molecule has 0 fully saturated rings. The molecule has 1 aromatic rings. The maximum atomic E-state index is 13.4. The van der Waals surface area contributed by atoms with Gasteiger partial charge in [-0.05, 0) is 19.1 Å². The summed E-state index contributed by atoms with van der Waals surface area (Å²) in [6.07, 6.45) is -0.262. The van der Waals surface area contributed by atoms with Gasteiger partial charge < -0.3 is 15.4 Å². The van der Waals surface area contributed by atoms with Gasteiger partial charge in [0.1, 0.15) is 11.6 Å². The molecule has 0 radical (unpaired) electrons. The van der Waals surface area contributed by atoms with Crippen molar-refractivity contribution in [2.45, 2.75) is 13.3 Å². The summed E-state index contributed by atoms with van der Waals surface area (Å²) in [5.74, 6) is -4.19. The van der Waals surface area contributed by atoms with Crippen LogP contribution in [0.4, 0.5) is 14.5 Å². The van der Waals surface area contributed by atoms with Crippen molar-refractivity contribution in [3.8, 4) is 0 Å². The van der Waals surface area contributed by atoms with Gasteiger partial charge in [0.15, 0.2) is 0 Å². The van der Waals surface area contributed by atoms with Crippen LogP contribution in [0, 0.1) is 11.6 Å². The molecule has 0 aromatic heterocycles. The van der Waals surface area contributed by atoms with Gasteiger partial charge in [0.2, 0.25) is 5.91 Å². The number of nitrogens with zero attached hydrogens (tertiary/aromatic N) is 1. The Labute approximate surface area is 142 Å². The second-order valence-corrected chi connectivity index (χ2v) is 4.89. The highest BCUT2D eigenvalue weighted by Crippen LogP contribution is 2.15. The largest absolute Gasteiger partial charge is 0.383 e. The first kappa shape index (κ1) is 20.2. The zero-order chi connectivity index (χ0) is 18.8. The van der Waals surface area contributed by atoms with Gasteiger partial charge in [-0.25, -0.2) is 14.2 Å². The third kappa shape index (κ3) is 7.48. The Morgan fingerprint density at radius 2 is 1.92 bits per heavy atom. The van der Waals surface area contributed by atoms with E-state index < -0.39 is 29.4 Å². The number of anilines is 1. The zero-order valence-electron chi connectivity index (χ0n) is 13.7. The summed E-state index contributed by atoms with van der Waals surface area (Å²) >= 11 is 0. The van der Waals surface area contributed by atoms with E-state index in [1.807, 2.05) is 5.43 Å². The number of hydrazone groups is 1. The molecular weight excluding hydrogens is 338 g/mol. The highest BCUT2D eigenvalue weighted by atomic mass is 19.1. The molecule has 1 aromatic carbocycles. The van der Waals surface area contributed by atoms with Crippen LogP contribution in [-0.2, 0) is 19.1 Å². The molecule has 0 atom stereocenters. The first-order chi connectivity index (χ1) is 11.8. The number of hydrogen-bond donors (Lipinski definition) is 3. The number of nitrogens with one attached hydrogen (secondary N) is 3. The summed E-state index contributed by atoms with van der Waals surface area (Å²) in [7, 11) is 1.45. The van der Waals surface area contributed by atoms with E-state index in [9.17, 15) is 23.2 Å². The summed E-state index contributed by atoms with van der Waals surface area (Å²) in [4.78, 5) is 34.6. The second kappa shape index (κ2) is 10.1. The van der Waals surface area contributed by atoms with E-state index in [2.05, 4.69) is 15.7 Å². The van der Waals surface area contributed by atoms with Gasteiger partial charge in [-0.1, -0.05) is 0 Å². The SMILES string of the molecule is COCCNC(=O)C(=O)N/N=C(\C)CC(=O)Nc1ccc(F)cc1F. The Morgan fingerprint density at radius 3 is 2.56 bits per heavy atom. The fraction of sp³-hybridized carbons (Fsp3) is 0.333. The van der Waals surface area contributed by atoms with Crippen molar-refractivity contribution in [3.05, 3.63) is 29.8 Å². The van der Waals surface area contributed by atoms with Gasteiger partial charge in [-0.3, -0.25) is 14.4 Å². The molecule has 8 nitrogen and oxygen atoms in total. The highest BCUT2D eigenvalue weighted by molar-refractivity contribution is 6.35. The number of hydrogen-bond acceptors (Lipinski definition) is 5. The Balaban J connectivity index is 2.47. The Hall–Kier alpha value is -2.88.